The lowest BCUT2D eigenvalue weighted by Gasteiger charge is -2.04. The van der Waals surface area contributed by atoms with Crippen LogP contribution in [-0.2, 0) is 4.79 Å². The van der Waals surface area contributed by atoms with Crippen molar-refractivity contribution in [2.24, 2.45) is 0 Å². The van der Waals surface area contributed by atoms with Gasteiger partial charge in [0.1, 0.15) is 0 Å². The molecule has 0 unspecified atom stereocenters. The minimum Gasteiger partial charge on any atom is -0.478 e. The molecule has 0 atom stereocenters. The van der Waals surface area contributed by atoms with Crippen LogP contribution in [0.4, 0.5) is 5.69 Å². The number of nitrogen functional groups attached to an aromatic ring is 1. The first kappa shape index (κ1) is 14.9. The fraction of sp³-hybridized carbons (Fsp3) is 0.231. The summed E-state index contributed by atoms with van der Waals surface area (Å²) in [5, 5.41) is 11.8. The molecule has 19 heavy (non-hydrogen) atoms. The predicted molar refractivity (Wildman–Crippen MR) is 73.0 cm³/mol. The highest BCUT2D eigenvalue weighted by Gasteiger charge is 2.12. The van der Waals surface area contributed by atoms with Gasteiger partial charge in [-0.05, 0) is 12.1 Å². The van der Waals surface area contributed by atoms with Crippen molar-refractivity contribution < 1.29 is 14.7 Å². The SMILES string of the molecule is CC(=O)NCCC#Cc1cc(Cl)cc(C(=O)O)c1N. The Bertz CT molecular complexity index is 573. The molecule has 100 valence electrons. The van der Waals surface area contributed by atoms with Crippen LogP contribution in [0.1, 0.15) is 29.3 Å². The first-order valence-corrected chi connectivity index (χ1v) is 5.85. The van der Waals surface area contributed by atoms with E-state index in [0.29, 0.717) is 18.5 Å². The average molecular weight is 281 g/mol. The number of carboxylic acids is 1. The van der Waals surface area contributed by atoms with Gasteiger partial charge in [0.15, 0.2) is 0 Å². The highest BCUT2D eigenvalue weighted by Crippen LogP contribution is 2.22. The first-order valence-electron chi connectivity index (χ1n) is 5.47. The van der Waals surface area contributed by atoms with Gasteiger partial charge < -0.3 is 16.2 Å². The Morgan fingerprint density at radius 1 is 1.47 bits per heavy atom. The van der Waals surface area contributed by atoms with Crippen molar-refractivity contribution in [1.29, 1.82) is 0 Å². The number of benzene rings is 1. The maximum Gasteiger partial charge on any atom is 0.337 e. The number of hydrogen-bond donors (Lipinski definition) is 3. The Morgan fingerprint density at radius 2 is 2.16 bits per heavy atom. The molecule has 4 N–H and O–H groups in total. The van der Waals surface area contributed by atoms with E-state index in [1.165, 1.54) is 19.1 Å². The Kier molecular flexibility index (Phi) is 5.22. The molecule has 0 aliphatic rings. The standard InChI is InChI=1S/C13H13ClN2O3/c1-8(17)16-5-3-2-4-9-6-10(14)7-11(12(9)15)13(18)19/h6-7H,3,5,15H2,1H3,(H,16,17)(H,18,19). The van der Waals surface area contributed by atoms with E-state index in [0.717, 1.165) is 0 Å². The summed E-state index contributed by atoms with van der Waals surface area (Å²) in [4.78, 5) is 21.6. The molecule has 0 heterocycles. The minimum atomic E-state index is -1.15. The van der Waals surface area contributed by atoms with E-state index in [1.807, 2.05) is 0 Å². The number of hydrogen-bond acceptors (Lipinski definition) is 3. The fourth-order valence-corrected chi connectivity index (χ4v) is 1.58. The third-order valence-corrected chi connectivity index (χ3v) is 2.44. The zero-order chi connectivity index (χ0) is 14.4. The summed E-state index contributed by atoms with van der Waals surface area (Å²) in [6.07, 6.45) is 0.438. The van der Waals surface area contributed by atoms with Crippen LogP contribution in [0.2, 0.25) is 5.02 Å². The van der Waals surface area contributed by atoms with Crippen molar-refractivity contribution in [2.45, 2.75) is 13.3 Å². The van der Waals surface area contributed by atoms with Gasteiger partial charge in [0, 0.05) is 30.5 Å². The quantitative estimate of drug-likeness (QED) is 0.444. The van der Waals surface area contributed by atoms with Gasteiger partial charge in [-0.2, -0.15) is 0 Å². The summed E-state index contributed by atoms with van der Waals surface area (Å²) in [5.41, 5.74) is 6.09. The highest BCUT2D eigenvalue weighted by atomic mass is 35.5. The molecule has 0 aliphatic carbocycles. The lowest BCUT2D eigenvalue weighted by Crippen LogP contribution is -2.20. The number of amides is 1. The number of rotatable bonds is 3. The summed E-state index contributed by atoms with van der Waals surface area (Å²) in [6, 6.07) is 2.79. The normalized spacial score (nSPS) is 9.37. The lowest BCUT2D eigenvalue weighted by atomic mass is 10.1. The van der Waals surface area contributed by atoms with Gasteiger partial charge in [0.05, 0.1) is 11.3 Å². The first-order chi connectivity index (χ1) is 8.91. The molecule has 0 aliphatic heterocycles. The third kappa shape index (κ3) is 4.53. The van der Waals surface area contributed by atoms with E-state index in [9.17, 15) is 9.59 Å². The van der Waals surface area contributed by atoms with Crippen molar-refractivity contribution >= 4 is 29.2 Å². The summed E-state index contributed by atoms with van der Waals surface area (Å²) < 4.78 is 0. The van der Waals surface area contributed by atoms with E-state index >= 15 is 0 Å². The molecule has 0 spiro atoms. The molecule has 0 radical (unpaired) electrons. The molecule has 0 saturated carbocycles. The Hall–Kier alpha value is -2.19. The molecule has 1 aromatic carbocycles. The number of halogens is 1. The second kappa shape index (κ2) is 6.66. The van der Waals surface area contributed by atoms with Crippen LogP contribution < -0.4 is 11.1 Å². The summed E-state index contributed by atoms with van der Waals surface area (Å²) in [6.45, 7) is 1.84. The molecular weight excluding hydrogens is 268 g/mol. The van der Waals surface area contributed by atoms with Gasteiger partial charge in [-0.15, -0.1) is 0 Å². The van der Waals surface area contributed by atoms with Crippen LogP contribution in [0.15, 0.2) is 12.1 Å². The zero-order valence-electron chi connectivity index (χ0n) is 10.3. The lowest BCUT2D eigenvalue weighted by molar-refractivity contribution is -0.118. The number of aromatic carboxylic acids is 1. The number of anilines is 1. The summed E-state index contributed by atoms with van der Waals surface area (Å²) in [5.74, 6) is 4.26. The maximum absolute atomic E-state index is 10.9. The maximum atomic E-state index is 10.9. The molecule has 6 heteroatoms. The molecule has 0 aromatic heterocycles. The van der Waals surface area contributed by atoms with Gasteiger partial charge >= 0.3 is 5.97 Å². The summed E-state index contributed by atoms with van der Waals surface area (Å²) in [7, 11) is 0. The van der Waals surface area contributed by atoms with Crippen LogP contribution in [0.5, 0.6) is 0 Å². The topological polar surface area (TPSA) is 92.4 Å². The number of carbonyl (C=O) groups is 2. The Labute approximate surface area is 115 Å². The van der Waals surface area contributed by atoms with Gasteiger partial charge in [-0.3, -0.25) is 4.79 Å². The highest BCUT2D eigenvalue weighted by molar-refractivity contribution is 6.31. The van der Waals surface area contributed by atoms with E-state index in [1.54, 1.807) is 0 Å². The van der Waals surface area contributed by atoms with Crippen molar-refractivity contribution in [3.05, 3.63) is 28.3 Å². The van der Waals surface area contributed by atoms with Crippen molar-refractivity contribution in [3.63, 3.8) is 0 Å². The number of carboxylic acid groups (broad SMARTS) is 1. The second-order valence-electron chi connectivity index (χ2n) is 3.75. The van der Waals surface area contributed by atoms with Crippen molar-refractivity contribution in [1.82, 2.24) is 5.32 Å². The Balaban J connectivity index is 2.87. The summed E-state index contributed by atoms with van der Waals surface area (Å²) >= 11 is 5.80. The molecule has 0 fully saturated rings. The van der Waals surface area contributed by atoms with Gasteiger partial charge in [-0.25, -0.2) is 4.79 Å². The number of nitrogens with one attached hydrogen (secondary N) is 1. The molecule has 0 bridgehead atoms. The Morgan fingerprint density at radius 3 is 2.74 bits per heavy atom. The average Bonchev–Trinajstić information content (AvgIpc) is 2.31. The van der Waals surface area contributed by atoms with Crippen molar-refractivity contribution in [3.8, 4) is 11.8 Å². The molecule has 1 amide bonds. The molecule has 5 nitrogen and oxygen atoms in total. The number of carbonyl (C=O) groups excluding carboxylic acids is 1. The zero-order valence-corrected chi connectivity index (χ0v) is 11.0. The van der Waals surface area contributed by atoms with Gasteiger partial charge in [-0.1, -0.05) is 23.4 Å². The number of nitrogens with two attached hydrogens (primary N) is 1. The van der Waals surface area contributed by atoms with Crippen LogP contribution in [0, 0.1) is 11.8 Å². The molecule has 1 rings (SSSR count). The van der Waals surface area contributed by atoms with Crippen molar-refractivity contribution in [2.75, 3.05) is 12.3 Å². The van der Waals surface area contributed by atoms with E-state index in [-0.39, 0.29) is 22.2 Å². The molecule has 1 aromatic rings. The van der Waals surface area contributed by atoms with Gasteiger partial charge in [0.2, 0.25) is 5.91 Å². The monoisotopic (exact) mass is 280 g/mol. The molecule has 0 saturated heterocycles. The van der Waals surface area contributed by atoms with Crippen LogP contribution in [0.25, 0.3) is 0 Å². The van der Waals surface area contributed by atoms with Crippen LogP contribution >= 0.6 is 11.6 Å². The third-order valence-electron chi connectivity index (χ3n) is 2.22. The van der Waals surface area contributed by atoms with E-state index in [4.69, 9.17) is 22.4 Å². The van der Waals surface area contributed by atoms with Crippen LogP contribution in [0.3, 0.4) is 0 Å². The van der Waals surface area contributed by atoms with E-state index in [2.05, 4.69) is 17.2 Å². The minimum absolute atomic E-state index is 0.0707. The van der Waals surface area contributed by atoms with Crippen LogP contribution in [-0.4, -0.2) is 23.5 Å². The van der Waals surface area contributed by atoms with E-state index < -0.39 is 5.97 Å². The second-order valence-corrected chi connectivity index (χ2v) is 4.19. The largest absolute Gasteiger partial charge is 0.478 e. The predicted octanol–water partition coefficient (Wildman–Crippen LogP) is 1.50. The fourth-order valence-electron chi connectivity index (χ4n) is 1.36. The molecular formula is C13H13ClN2O3. The van der Waals surface area contributed by atoms with Gasteiger partial charge in [0.25, 0.3) is 0 Å². The smallest absolute Gasteiger partial charge is 0.337 e.